The van der Waals surface area contributed by atoms with Gasteiger partial charge in [0.1, 0.15) is 17.3 Å². The number of fused-ring (bicyclic) bond motifs is 1. The Labute approximate surface area is 183 Å². The van der Waals surface area contributed by atoms with Gasteiger partial charge in [-0.15, -0.1) is 4.31 Å². The molecule has 1 aromatic heterocycles. The zero-order chi connectivity index (χ0) is 22.0. The lowest BCUT2D eigenvalue weighted by atomic mass is 10.00. The Kier molecular flexibility index (Phi) is 6.04. The van der Waals surface area contributed by atoms with Crippen LogP contribution in [0.1, 0.15) is 24.0 Å². The Morgan fingerprint density at radius 2 is 1.81 bits per heavy atom. The van der Waals surface area contributed by atoms with E-state index in [-0.39, 0.29) is 11.4 Å². The Balaban J connectivity index is 1.74. The summed E-state index contributed by atoms with van der Waals surface area (Å²) in [7, 11) is -0.541. The van der Waals surface area contributed by atoms with Gasteiger partial charge in [0.15, 0.2) is 15.3 Å². The Morgan fingerprint density at radius 3 is 2.48 bits per heavy atom. The molecule has 1 unspecified atom stereocenters. The van der Waals surface area contributed by atoms with E-state index < -0.39 is 10.4 Å². The molecule has 0 bridgehead atoms. The van der Waals surface area contributed by atoms with Crippen LogP contribution in [0.4, 0.5) is 0 Å². The van der Waals surface area contributed by atoms with Crippen molar-refractivity contribution in [2.24, 2.45) is 0 Å². The van der Waals surface area contributed by atoms with E-state index in [0.29, 0.717) is 25.1 Å². The normalized spacial score (nSPS) is 15.7. The summed E-state index contributed by atoms with van der Waals surface area (Å²) in [5, 5.41) is 0. The van der Waals surface area contributed by atoms with Crippen LogP contribution < -0.4 is 9.47 Å². The summed E-state index contributed by atoms with van der Waals surface area (Å²) in [5.74, 6) is 2.02. The van der Waals surface area contributed by atoms with Crippen LogP contribution in [0.25, 0.3) is 11.3 Å². The van der Waals surface area contributed by atoms with Crippen LogP contribution in [0.15, 0.2) is 53.4 Å². The summed E-state index contributed by atoms with van der Waals surface area (Å²) in [5.41, 5.74) is 3.44. The molecule has 2 heterocycles. The van der Waals surface area contributed by atoms with E-state index in [1.54, 1.807) is 31.4 Å². The van der Waals surface area contributed by atoms with Gasteiger partial charge in [-0.1, -0.05) is 17.2 Å². The van der Waals surface area contributed by atoms with Crippen molar-refractivity contribution in [3.05, 3.63) is 65.6 Å². The van der Waals surface area contributed by atoms with Crippen LogP contribution >= 0.6 is 0 Å². The molecule has 1 aliphatic heterocycles. The van der Waals surface area contributed by atoms with Crippen molar-refractivity contribution in [3.8, 4) is 22.8 Å². The van der Waals surface area contributed by atoms with Crippen LogP contribution in [-0.2, 0) is 34.0 Å². The molecule has 0 radical (unpaired) electrons. The molecule has 31 heavy (non-hydrogen) atoms. The smallest absolute Gasteiger partial charge is 0.179 e. The first-order valence-corrected chi connectivity index (χ1v) is 11.6. The summed E-state index contributed by atoms with van der Waals surface area (Å²) in [6.45, 7) is 2.61. The largest absolute Gasteiger partial charge is 0.593 e. The molecule has 1 atom stereocenters. The summed E-state index contributed by atoms with van der Waals surface area (Å²) >= 11 is 0. The summed E-state index contributed by atoms with van der Waals surface area (Å²) in [6, 6.07) is 14.2. The van der Waals surface area contributed by atoms with E-state index in [0.717, 1.165) is 34.1 Å². The molecule has 0 spiro atoms. The summed E-state index contributed by atoms with van der Waals surface area (Å²) in [4.78, 5) is 9.66. The third-order valence-corrected chi connectivity index (χ3v) is 7.27. The van der Waals surface area contributed by atoms with Crippen molar-refractivity contribution in [2.45, 2.75) is 31.2 Å². The van der Waals surface area contributed by atoms with Crippen LogP contribution in [0.5, 0.6) is 11.5 Å². The number of aromatic nitrogens is 2. The van der Waals surface area contributed by atoms with Crippen molar-refractivity contribution < 1.29 is 18.2 Å². The molecule has 0 N–H and O–H groups in total. The molecule has 0 saturated carbocycles. The summed E-state index contributed by atoms with van der Waals surface area (Å²) < 4.78 is 38.6. The zero-order valence-corrected chi connectivity index (χ0v) is 18.6. The quantitative estimate of drug-likeness (QED) is 0.545. The molecule has 0 aliphatic carbocycles. The fourth-order valence-corrected chi connectivity index (χ4v) is 5.15. The second-order valence-electron chi connectivity index (χ2n) is 7.26. The first kappa shape index (κ1) is 21.4. The number of aryl methyl sites for hydroxylation is 1. The number of hydrogen-bond acceptors (Lipinski definition) is 6. The predicted octanol–water partition coefficient (Wildman–Crippen LogP) is 3.69. The lowest BCUT2D eigenvalue weighted by Gasteiger charge is -2.32. The molecule has 7 nitrogen and oxygen atoms in total. The van der Waals surface area contributed by atoms with Gasteiger partial charge in [-0.25, -0.2) is 9.97 Å². The van der Waals surface area contributed by atoms with E-state index in [1.165, 1.54) is 11.4 Å². The molecule has 8 heteroatoms. The molecule has 3 aromatic rings. The van der Waals surface area contributed by atoms with Gasteiger partial charge in [0.25, 0.3) is 0 Å². The molecular formula is C23H25N3O4S. The van der Waals surface area contributed by atoms with Gasteiger partial charge in [0.05, 0.1) is 38.7 Å². The predicted molar refractivity (Wildman–Crippen MR) is 118 cm³/mol. The maximum Gasteiger partial charge on any atom is 0.179 e. The number of ether oxygens (including phenoxy) is 2. The number of sulfonamides is 1. The van der Waals surface area contributed by atoms with Gasteiger partial charge in [-0.2, -0.15) is 0 Å². The fourth-order valence-electron chi connectivity index (χ4n) is 3.70. The molecule has 162 valence electrons. The minimum absolute atomic E-state index is 0.215. The fraction of sp³-hybridized carbons (Fsp3) is 0.304. The van der Waals surface area contributed by atoms with Crippen molar-refractivity contribution in [2.75, 3.05) is 20.8 Å². The number of benzene rings is 2. The number of nitrogens with zero attached hydrogens (tertiary/aromatic N) is 3. The molecule has 2 aromatic carbocycles. The van der Waals surface area contributed by atoms with Crippen molar-refractivity contribution in [1.29, 1.82) is 0 Å². The maximum absolute atomic E-state index is 13.3. The minimum Gasteiger partial charge on any atom is -0.593 e. The first-order valence-electron chi connectivity index (χ1n) is 10.1. The number of methoxy groups -OCH3 is 2. The van der Waals surface area contributed by atoms with Crippen LogP contribution in [0.3, 0.4) is 0 Å². The van der Waals surface area contributed by atoms with Gasteiger partial charge in [0.2, 0.25) is 0 Å². The van der Waals surface area contributed by atoms with Gasteiger partial charge < -0.3 is 14.0 Å². The van der Waals surface area contributed by atoms with Crippen molar-refractivity contribution >= 4 is 10.4 Å². The van der Waals surface area contributed by atoms with E-state index in [2.05, 4.69) is 0 Å². The molecule has 0 fully saturated rings. The van der Waals surface area contributed by atoms with Crippen LogP contribution in [-0.4, -0.2) is 39.6 Å². The third-order valence-electron chi connectivity index (χ3n) is 5.43. The second kappa shape index (κ2) is 8.74. The average Bonchev–Trinajstić information content (AvgIpc) is 2.83. The third kappa shape index (κ3) is 4.19. The van der Waals surface area contributed by atoms with Crippen molar-refractivity contribution in [1.82, 2.24) is 14.3 Å². The molecule has 0 saturated heterocycles. The summed E-state index contributed by atoms with van der Waals surface area (Å²) in [6.07, 6.45) is 1.25. The highest BCUT2D eigenvalue weighted by Gasteiger charge is 2.35. The van der Waals surface area contributed by atoms with Gasteiger partial charge in [-0.05, 0) is 36.4 Å². The van der Waals surface area contributed by atoms with E-state index >= 15 is 0 Å². The van der Waals surface area contributed by atoms with E-state index in [4.69, 9.17) is 19.4 Å². The van der Waals surface area contributed by atoms with Crippen LogP contribution in [0, 0.1) is 0 Å². The lowest BCUT2D eigenvalue weighted by Crippen LogP contribution is -2.40. The topological polar surface area (TPSA) is 87.6 Å². The number of rotatable bonds is 6. The van der Waals surface area contributed by atoms with Gasteiger partial charge >= 0.3 is 0 Å². The SMILES string of the molecule is CCc1nc2c(c(-c3ccc(OC)cc3)n1)CN([S+](=O)([O-])c1cccc(OC)c1)CC2. The first-order chi connectivity index (χ1) is 15.0. The molecular weight excluding hydrogens is 414 g/mol. The van der Waals surface area contributed by atoms with E-state index in [9.17, 15) is 8.76 Å². The Bertz CT molecular complexity index is 1130. The van der Waals surface area contributed by atoms with Gasteiger partial charge in [-0.3, -0.25) is 0 Å². The Hall–Kier alpha value is -2.81. The van der Waals surface area contributed by atoms with E-state index in [1.807, 2.05) is 31.2 Å². The maximum atomic E-state index is 13.3. The van der Waals surface area contributed by atoms with Crippen LogP contribution in [0.2, 0.25) is 0 Å². The second-order valence-corrected chi connectivity index (χ2v) is 9.20. The minimum atomic E-state index is -3.68. The molecule has 1 aliphatic rings. The average molecular weight is 440 g/mol. The zero-order valence-electron chi connectivity index (χ0n) is 17.8. The Morgan fingerprint density at radius 1 is 1.06 bits per heavy atom. The molecule has 4 rings (SSSR count). The highest BCUT2D eigenvalue weighted by Crippen LogP contribution is 2.34. The highest BCUT2D eigenvalue weighted by molar-refractivity contribution is 7.95. The van der Waals surface area contributed by atoms with Gasteiger partial charge in [0, 0.05) is 30.0 Å². The lowest BCUT2D eigenvalue weighted by molar-refractivity contribution is 0.336. The highest BCUT2D eigenvalue weighted by atomic mass is 32.3. The number of hydrogen-bond donors (Lipinski definition) is 0. The standard InChI is InChI=1S/C23H25N3O4S/c1-4-22-24-21-12-13-26(31(27,28)19-7-5-6-18(14-19)30-3)15-20(21)23(25-22)16-8-10-17(29-2)11-9-16/h5-11,14H,4,12-13,15H2,1-3H3. The monoisotopic (exact) mass is 439 g/mol. The molecule has 0 amide bonds. The van der Waals surface area contributed by atoms with Crippen molar-refractivity contribution in [3.63, 3.8) is 0 Å².